The maximum atomic E-state index is 13.0. The molecule has 0 aliphatic carbocycles. The van der Waals surface area contributed by atoms with Crippen LogP contribution in [0, 0.1) is 0 Å². The Balaban J connectivity index is 2.14. The molecule has 0 fully saturated rings. The number of benzene rings is 2. The van der Waals surface area contributed by atoms with Crippen molar-refractivity contribution in [2.24, 2.45) is 0 Å². The molecule has 144 valence electrons. The third kappa shape index (κ3) is 6.44. The molecule has 0 spiro atoms. The first-order chi connectivity index (χ1) is 13.0. The van der Waals surface area contributed by atoms with E-state index in [1.807, 2.05) is 59.5 Å². The fraction of sp³-hybridized carbons (Fsp3) is 0.364. The van der Waals surface area contributed by atoms with E-state index in [1.54, 1.807) is 7.11 Å². The van der Waals surface area contributed by atoms with Crippen molar-refractivity contribution in [2.45, 2.75) is 39.3 Å². The van der Waals surface area contributed by atoms with Gasteiger partial charge in [-0.3, -0.25) is 9.59 Å². The lowest BCUT2D eigenvalue weighted by molar-refractivity contribution is -0.132. The molecule has 0 aliphatic heterocycles. The van der Waals surface area contributed by atoms with Crippen molar-refractivity contribution in [1.29, 1.82) is 0 Å². The topological polar surface area (TPSA) is 58.6 Å². The Morgan fingerprint density at radius 1 is 1.07 bits per heavy atom. The molecule has 1 atom stereocenters. The summed E-state index contributed by atoms with van der Waals surface area (Å²) >= 11 is 0. The van der Waals surface area contributed by atoms with Gasteiger partial charge < -0.3 is 15.0 Å². The second-order valence-corrected chi connectivity index (χ2v) is 6.53. The van der Waals surface area contributed by atoms with Gasteiger partial charge >= 0.3 is 0 Å². The van der Waals surface area contributed by atoms with Crippen LogP contribution in [-0.4, -0.2) is 30.4 Å². The maximum Gasteiger partial charge on any atom is 0.225 e. The first-order valence-corrected chi connectivity index (χ1v) is 9.26. The summed E-state index contributed by atoms with van der Waals surface area (Å²) in [5.74, 6) is 0.604. The number of carbonyl (C=O) groups is 2. The van der Waals surface area contributed by atoms with E-state index in [0.717, 1.165) is 23.3 Å². The molecule has 2 amide bonds. The van der Waals surface area contributed by atoms with E-state index in [0.29, 0.717) is 13.1 Å². The van der Waals surface area contributed by atoms with Crippen molar-refractivity contribution in [2.75, 3.05) is 13.7 Å². The van der Waals surface area contributed by atoms with Crippen molar-refractivity contribution in [3.05, 3.63) is 65.7 Å². The Morgan fingerprint density at radius 3 is 2.30 bits per heavy atom. The van der Waals surface area contributed by atoms with Gasteiger partial charge in [-0.1, -0.05) is 49.4 Å². The third-order valence-corrected chi connectivity index (χ3v) is 4.34. The number of methoxy groups -OCH3 is 1. The summed E-state index contributed by atoms with van der Waals surface area (Å²) in [5.41, 5.74) is 1.98. The highest BCUT2D eigenvalue weighted by Crippen LogP contribution is 2.22. The normalized spacial score (nSPS) is 11.5. The number of ether oxygens (including phenoxy) is 1. The highest BCUT2D eigenvalue weighted by Gasteiger charge is 2.21. The van der Waals surface area contributed by atoms with Gasteiger partial charge in [0.1, 0.15) is 5.75 Å². The monoisotopic (exact) mass is 368 g/mol. The molecule has 1 N–H and O–H groups in total. The average Bonchev–Trinajstić information content (AvgIpc) is 2.67. The van der Waals surface area contributed by atoms with Gasteiger partial charge in [-0.25, -0.2) is 0 Å². The van der Waals surface area contributed by atoms with E-state index >= 15 is 0 Å². The van der Waals surface area contributed by atoms with Crippen LogP contribution in [0.5, 0.6) is 5.75 Å². The standard InChI is InChI=1S/C22H28N2O3/c1-4-14-24(16-18-8-6-5-7-9-18)22(26)15-21(23-17(2)25)19-10-12-20(27-3)13-11-19/h5-13,21H,4,14-16H2,1-3H3,(H,23,25). The predicted molar refractivity (Wildman–Crippen MR) is 106 cm³/mol. The van der Waals surface area contributed by atoms with Gasteiger partial charge in [-0.15, -0.1) is 0 Å². The first kappa shape index (κ1) is 20.5. The smallest absolute Gasteiger partial charge is 0.225 e. The number of hydrogen-bond acceptors (Lipinski definition) is 3. The molecule has 0 aromatic heterocycles. The van der Waals surface area contributed by atoms with Gasteiger partial charge in [-0.2, -0.15) is 0 Å². The fourth-order valence-corrected chi connectivity index (χ4v) is 3.00. The van der Waals surface area contributed by atoms with Crippen LogP contribution in [0.3, 0.4) is 0 Å². The number of rotatable bonds is 9. The molecule has 5 heteroatoms. The Labute approximate surface area is 161 Å². The molecule has 1 unspecified atom stereocenters. The molecule has 0 saturated heterocycles. The molecule has 5 nitrogen and oxygen atoms in total. The van der Waals surface area contributed by atoms with Crippen molar-refractivity contribution in [3.63, 3.8) is 0 Å². The molecule has 0 saturated carbocycles. The molecule has 2 aromatic carbocycles. The molecular formula is C22H28N2O3. The summed E-state index contributed by atoms with van der Waals surface area (Å²) < 4.78 is 5.19. The van der Waals surface area contributed by atoms with Gasteiger partial charge in [0, 0.05) is 20.0 Å². The minimum Gasteiger partial charge on any atom is -0.497 e. The molecule has 2 aromatic rings. The number of amides is 2. The fourth-order valence-electron chi connectivity index (χ4n) is 3.00. The van der Waals surface area contributed by atoms with E-state index in [4.69, 9.17) is 4.74 Å². The minimum atomic E-state index is -0.365. The van der Waals surface area contributed by atoms with E-state index in [9.17, 15) is 9.59 Å². The number of hydrogen-bond donors (Lipinski definition) is 1. The Bertz CT molecular complexity index is 729. The average molecular weight is 368 g/mol. The highest BCUT2D eigenvalue weighted by atomic mass is 16.5. The van der Waals surface area contributed by atoms with Crippen molar-refractivity contribution in [1.82, 2.24) is 10.2 Å². The van der Waals surface area contributed by atoms with Crippen LogP contribution in [0.1, 0.15) is 43.9 Å². The molecule has 2 rings (SSSR count). The van der Waals surface area contributed by atoms with E-state index in [-0.39, 0.29) is 24.3 Å². The number of nitrogens with zero attached hydrogens (tertiary/aromatic N) is 1. The van der Waals surface area contributed by atoms with E-state index < -0.39 is 0 Å². The molecular weight excluding hydrogens is 340 g/mol. The third-order valence-electron chi connectivity index (χ3n) is 4.34. The predicted octanol–water partition coefficient (Wildman–Crippen LogP) is 3.70. The van der Waals surface area contributed by atoms with Crippen LogP contribution in [0.25, 0.3) is 0 Å². The van der Waals surface area contributed by atoms with Gasteiger partial charge in [0.2, 0.25) is 11.8 Å². The maximum absolute atomic E-state index is 13.0. The number of nitrogens with one attached hydrogen (secondary N) is 1. The zero-order chi connectivity index (χ0) is 19.6. The Hall–Kier alpha value is -2.82. The highest BCUT2D eigenvalue weighted by molar-refractivity contribution is 5.79. The minimum absolute atomic E-state index is 0.0234. The summed E-state index contributed by atoms with van der Waals surface area (Å²) in [5, 5.41) is 2.90. The zero-order valence-electron chi connectivity index (χ0n) is 16.3. The molecule has 0 aliphatic rings. The van der Waals surface area contributed by atoms with Gasteiger partial charge in [-0.05, 0) is 29.7 Å². The van der Waals surface area contributed by atoms with Crippen molar-refractivity contribution >= 4 is 11.8 Å². The largest absolute Gasteiger partial charge is 0.497 e. The van der Waals surface area contributed by atoms with Gasteiger partial charge in [0.25, 0.3) is 0 Å². The second kappa shape index (κ2) is 10.4. The van der Waals surface area contributed by atoms with Crippen LogP contribution in [0.2, 0.25) is 0 Å². The van der Waals surface area contributed by atoms with Crippen molar-refractivity contribution < 1.29 is 14.3 Å². The van der Waals surface area contributed by atoms with Crippen LogP contribution in [-0.2, 0) is 16.1 Å². The molecule has 0 bridgehead atoms. The Kier molecular flexibility index (Phi) is 7.86. The summed E-state index contributed by atoms with van der Waals surface area (Å²) in [4.78, 5) is 26.5. The summed E-state index contributed by atoms with van der Waals surface area (Å²) in [6, 6.07) is 17.0. The summed E-state index contributed by atoms with van der Waals surface area (Å²) in [6.07, 6.45) is 1.10. The van der Waals surface area contributed by atoms with Crippen LogP contribution < -0.4 is 10.1 Å². The van der Waals surface area contributed by atoms with Crippen molar-refractivity contribution in [3.8, 4) is 5.75 Å². The van der Waals surface area contributed by atoms with Crippen LogP contribution in [0.15, 0.2) is 54.6 Å². The van der Waals surface area contributed by atoms with Crippen LogP contribution in [0.4, 0.5) is 0 Å². The zero-order valence-corrected chi connectivity index (χ0v) is 16.3. The molecule has 0 heterocycles. The second-order valence-electron chi connectivity index (χ2n) is 6.53. The Morgan fingerprint density at radius 2 is 1.74 bits per heavy atom. The SMILES string of the molecule is CCCN(Cc1ccccc1)C(=O)CC(NC(C)=O)c1ccc(OC)cc1. The molecule has 27 heavy (non-hydrogen) atoms. The summed E-state index contributed by atoms with van der Waals surface area (Å²) in [6.45, 7) is 4.78. The number of carbonyl (C=O) groups excluding carboxylic acids is 2. The van der Waals surface area contributed by atoms with Gasteiger partial charge in [0.15, 0.2) is 0 Å². The first-order valence-electron chi connectivity index (χ1n) is 9.26. The quantitative estimate of drug-likeness (QED) is 0.734. The van der Waals surface area contributed by atoms with Crippen LogP contribution >= 0.6 is 0 Å². The van der Waals surface area contributed by atoms with Gasteiger partial charge in [0.05, 0.1) is 19.6 Å². The lowest BCUT2D eigenvalue weighted by Crippen LogP contribution is -2.36. The lowest BCUT2D eigenvalue weighted by atomic mass is 10.0. The lowest BCUT2D eigenvalue weighted by Gasteiger charge is -2.26. The molecule has 0 radical (unpaired) electrons. The summed E-state index contributed by atoms with van der Waals surface area (Å²) in [7, 11) is 1.61. The van der Waals surface area contributed by atoms with E-state index in [1.165, 1.54) is 6.92 Å². The van der Waals surface area contributed by atoms with E-state index in [2.05, 4.69) is 12.2 Å².